The average Bonchev–Trinajstić information content (AvgIpc) is 2.36. The molecule has 18 heavy (non-hydrogen) atoms. The third-order valence-corrected chi connectivity index (χ3v) is 3.12. The highest BCUT2D eigenvalue weighted by Gasteiger charge is 2.23. The predicted octanol–water partition coefficient (Wildman–Crippen LogP) is 2.14. The van der Waals surface area contributed by atoms with E-state index >= 15 is 0 Å². The van der Waals surface area contributed by atoms with Gasteiger partial charge in [-0.2, -0.15) is 0 Å². The number of hydrogen-bond acceptors (Lipinski definition) is 4. The number of carbonyl (C=O) groups is 1. The van der Waals surface area contributed by atoms with E-state index in [0.717, 1.165) is 22.4 Å². The van der Waals surface area contributed by atoms with Gasteiger partial charge in [-0.05, 0) is 50.6 Å². The fourth-order valence-corrected chi connectivity index (χ4v) is 1.98. The molecule has 0 amide bonds. The normalized spacial score (nSPS) is 12.1. The van der Waals surface area contributed by atoms with Crippen LogP contribution < -0.4 is 10.1 Å². The maximum atomic E-state index is 11.9. The van der Waals surface area contributed by atoms with Crippen LogP contribution in [-0.4, -0.2) is 26.7 Å². The molecule has 0 heterocycles. The lowest BCUT2D eigenvalue weighted by Crippen LogP contribution is -2.28. The van der Waals surface area contributed by atoms with Gasteiger partial charge < -0.3 is 14.8 Å². The van der Waals surface area contributed by atoms with Gasteiger partial charge in [-0.15, -0.1) is 0 Å². The minimum Gasteiger partial charge on any atom is -0.496 e. The minimum absolute atomic E-state index is 0.257. The highest BCUT2D eigenvalue weighted by Crippen LogP contribution is 2.28. The van der Waals surface area contributed by atoms with Crippen LogP contribution in [0.2, 0.25) is 0 Å². The number of nitrogens with one attached hydrogen (secondary N) is 1. The SMILES string of the molecule is CCOC(=O)C(NC)c1ccc(OC)c(C)c1C. The second kappa shape index (κ2) is 6.40. The molecule has 0 aliphatic carbocycles. The Morgan fingerprint density at radius 1 is 1.33 bits per heavy atom. The molecule has 0 radical (unpaired) electrons. The zero-order valence-corrected chi connectivity index (χ0v) is 11.7. The standard InChI is InChI=1S/C14H21NO3/c1-6-18-14(16)13(15-4)11-7-8-12(17-5)10(3)9(11)2/h7-8,13,15H,6H2,1-5H3. The molecule has 0 fully saturated rings. The van der Waals surface area contributed by atoms with Gasteiger partial charge in [0.25, 0.3) is 0 Å². The maximum absolute atomic E-state index is 11.9. The smallest absolute Gasteiger partial charge is 0.327 e. The van der Waals surface area contributed by atoms with E-state index in [1.807, 2.05) is 26.0 Å². The number of hydrogen-bond donors (Lipinski definition) is 1. The Morgan fingerprint density at radius 3 is 2.50 bits per heavy atom. The minimum atomic E-state index is -0.436. The number of rotatable bonds is 5. The van der Waals surface area contributed by atoms with Gasteiger partial charge in [-0.3, -0.25) is 0 Å². The van der Waals surface area contributed by atoms with Gasteiger partial charge in [0.05, 0.1) is 13.7 Å². The molecule has 0 saturated carbocycles. The van der Waals surface area contributed by atoms with E-state index < -0.39 is 6.04 Å². The molecule has 1 atom stereocenters. The lowest BCUT2D eigenvalue weighted by atomic mass is 9.96. The molecule has 0 bridgehead atoms. The first-order valence-corrected chi connectivity index (χ1v) is 6.04. The molecule has 0 aliphatic heterocycles. The van der Waals surface area contributed by atoms with Crippen molar-refractivity contribution in [1.29, 1.82) is 0 Å². The molecule has 0 aromatic heterocycles. The molecule has 4 heteroatoms. The topological polar surface area (TPSA) is 47.6 Å². The Kier molecular flexibility index (Phi) is 5.16. The third kappa shape index (κ3) is 2.82. The number of carbonyl (C=O) groups excluding carboxylic acids is 1. The van der Waals surface area contributed by atoms with Crippen LogP contribution in [0.25, 0.3) is 0 Å². The van der Waals surface area contributed by atoms with E-state index in [1.54, 1.807) is 21.1 Å². The fourth-order valence-electron chi connectivity index (χ4n) is 1.98. The molecular formula is C14H21NO3. The van der Waals surface area contributed by atoms with Crippen molar-refractivity contribution in [3.05, 3.63) is 28.8 Å². The summed E-state index contributed by atoms with van der Waals surface area (Å²) < 4.78 is 10.3. The molecule has 0 aliphatic rings. The first-order valence-electron chi connectivity index (χ1n) is 6.04. The van der Waals surface area contributed by atoms with Crippen LogP contribution in [0.15, 0.2) is 12.1 Å². The average molecular weight is 251 g/mol. The van der Waals surface area contributed by atoms with Gasteiger partial charge in [0.2, 0.25) is 0 Å². The second-order valence-electron chi connectivity index (χ2n) is 4.08. The fraction of sp³-hybridized carbons (Fsp3) is 0.500. The Labute approximate surface area is 108 Å². The first-order chi connectivity index (χ1) is 8.56. The van der Waals surface area contributed by atoms with Crippen molar-refractivity contribution in [3.8, 4) is 5.75 Å². The molecule has 1 rings (SSSR count). The van der Waals surface area contributed by atoms with Crippen LogP contribution in [0.4, 0.5) is 0 Å². The van der Waals surface area contributed by atoms with E-state index in [1.165, 1.54) is 0 Å². The molecular weight excluding hydrogens is 230 g/mol. The van der Waals surface area contributed by atoms with Gasteiger partial charge in [0.15, 0.2) is 0 Å². The summed E-state index contributed by atoms with van der Waals surface area (Å²) >= 11 is 0. The molecule has 0 spiro atoms. The van der Waals surface area contributed by atoms with Crippen LogP contribution in [0.5, 0.6) is 5.75 Å². The monoisotopic (exact) mass is 251 g/mol. The number of likely N-dealkylation sites (N-methyl/N-ethyl adjacent to an activating group) is 1. The van der Waals surface area contributed by atoms with Gasteiger partial charge in [-0.25, -0.2) is 4.79 Å². The van der Waals surface area contributed by atoms with Crippen LogP contribution in [-0.2, 0) is 9.53 Å². The summed E-state index contributed by atoms with van der Waals surface area (Å²) in [7, 11) is 3.39. The molecule has 0 saturated heterocycles. The summed E-state index contributed by atoms with van der Waals surface area (Å²) in [6.45, 7) is 6.15. The van der Waals surface area contributed by atoms with E-state index in [4.69, 9.17) is 9.47 Å². The lowest BCUT2D eigenvalue weighted by Gasteiger charge is -2.19. The van der Waals surface area contributed by atoms with Crippen LogP contribution in [0.3, 0.4) is 0 Å². The van der Waals surface area contributed by atoms with Gasteiger partial charge in [0, 0.05) is 0 Å². The summed E-state index contributed by atoms with van der Waals surface area (Å²) in [6, 6.07) is 3.34. The zero-order valence-electron chi connectivity index (χ0n) is 11.7. The van der Waals surface area contributed by atoms with E-state index in [9.17, 15) is 4.79 Å². The summed E-state index contributed by atoms with van der Waals surface area (Å²) in [5.74, 6) is 0.572. The molecule has 100 valence electrons. The number of benzene rings is 1. The van der Waals surface area contributed by atoms with Crippen molar-refractivity contribution >= 4 is 5.97 Å². The first kappa shape index (κ1) is 14.5. The number of ether oxygens (including phenoxy) is 2. The van der Waals surface area contributed by atoms with Crippen molar-refractivity contribution in [2.75, 3.05) is 20.8 Å². The molecule has 1 aromatic carbocycles. The highest BCUT2D eigenvalue weighted by molar-refractivity contribution is 5.78. The zero-order chi connectivity index (χ0) is 13.7. The molecule has 4 nitrogen and oxygen atoms in total. The van der Waals surface area contributed by atoms with Crippen LogP contribution >= 0.6 is 0 Å². The van der Waals surface area contributed by atoms with Gasteiger partial charge in [0.1, 0.15) is 11.8 Å². The number of esters is 1. The van der Waals surface area contributed by atoms with Crippen LogP contribution in [0.1, 0.15) is 29.7 Å². The molecule has 1 aromatic rings. The summed E-state index contributed by atoms with van der Waals surface area (Å²) in [4.78, 5) is 11.9. The Morgan fingerprint density at radius 2 is 2.00 bits per heavy atom. The third-order valence-electron chi connectivity index (χ3n) is 3.12. The summed E-state index contributed by atoms with van der Waals surface area (Å²) in [6.07, 6.45) is 0. The van der Waals surface area contributed by atoms with E-state index in [0.29, 0.717) is 6.61 Å². The lowest BCUT2D eigenvalue weighted by molar-refractivity contribution is -0.145. The molecule has 1 unspecified atom stereocenters. The van der Waals surface area contributed by atoms with Gasteiger partial charge in [-0.1, -0.05) is 6.07 Å². The predicted molar refractivity (Wildman–Crippen MR) is 70.9 cm³/mol. The largest absolute Gasteiger partial charge is 0.496 e. The quantitative estimate of drug-likeness (QED) is 0.814. The van der Waals surface area contributed by atoms with Gasteiger partial charge >= 0.3 is 5.97 Å². The highest BCUT2D eigenvalue weighted by atomic mass is 16.5. The molecule has 1 N–H and O–H groups in total. The summed E-state index contributed by atoms with van der Waals surface area (Å²) in [5.41, 5.74) is 3.01. The van der Waals surface area contributed by atoms with E-state index in [-0.39, 0.29) is 5.97 Å². The Hall–Kier alpha value is -1.55. The van der Waals surface area contributed by atoms with Crippen molar-refractivity contribution in [2.45, 2.75) is 26.8 Å². The Bertz CT molecular complexity index is 429. The van der Waals surface area contributed by atoms with Crippen molar-refractivity contribution < 1.29 is 14.3 Å². The second-order valence-corrected chi connectivity index (χ2v) is 4.08. The Balaban J connectivity index is 3.15. The van der Waals surface area contributed by atoms with Crippen molar-refractivity contribution in [3.63, 3.8) is 0 Å². The van der Waals surface area contributed by atoms with Crippen LogP contribution in [0, 0.1) is 13.8 Å². The summed E-state index contributed by atoms with van der Waals surface area (Å²) in [5, 5.41) is 2.99. The maximum Gasteiger partial charge on any atom is 0.327 e. The van der Waals surface area contributed by atoms with E-state index in [2.05, 4.69) is 5.32 Å². The number of methoxy groups -OCH3 is 1. The van der Waals surface area contributed by atoms with Crippen molar-refractivity contribution in [2.24, 2.45) is 0 Å². The van der Waals surface area contributed by atoms with Crippen molar-refractivity contribution in [1.82, 2.24) is 5.32 Å².